The second-order valence-corrected chi connectivity index (χ2v) is 7.17. The topological polar surface area (TPSA) is 81.1 Å². The number of aromatic nitrogens is 4. The number of hydrogen-bond acceptors (Lipinski definition) is 8. The van der Waals surface area contributed by atoms with Crippen molar-refractivity contribution in [3.8, 4) is 22.9 Å². The van der Waals surface area contributed by atoms with Gasteiger partial charge in [0.25, 0.3) is 5.22 Å². The minimum Gasteiger partial charge on any atom is -0.420 e. The van der Waals surface area contributed by atoms with Crippen molar-refractivity contribution in [3.05, 3.63) is 60.5 Å². The van der Waals surface area contributed by atoms with Crippen molar-refractivity contribution in [1.82, 2.24) is 20.4 Å². The molecule has 0 saturated carbocycles. The van der Waals surface area contributed by atoms with Gasteiger partial charge in [-0.2, -0.15) is 0 Å². The molecule has 0 aliphatic heterocycles. The summed E-state index contributed by atoms with van der Waals surface area (Å²) in [5.41, 5.74) is 2.97. The standard InChI is InChI=1S/C21H21N5O2S/c1-3-26(4-2)17-12-10-16(11-13-17)20-24-25-21(28-20)29-14-18-22-23-19(27-18)15-8-6-5-7-9-15/h5-13H,3-4,14H2,1-2H3. The van der Waals surface area contributed by atoms with Crippen LogP contribution in [0.25, 0.3) is 22.9 Å². The maximum atomic E-state index is 5.77. The summed E-state index contributed by atoms with van der Waals surface area (Å²) in [6.45, 7) is 6.23. The molecule has 2 heterocycles. The van der Waals surface area contributed by atoms with Crippen molar-refractivity contribution in [2.75, 3.05) is 18.0 Å². The van der Waals surface area contributed by atoms with Gasteiger partial charge in [-0.05, 0) is 50.2 Å². The molecule has 29 heavy (non-hydrogen) atoms. The Morgan fingerprint density at radius 1 is 0.759 bits per heavy atom. The lowest BCUT2D eigenvalue weighted by molar-refractivity contribution is 0.464. The third-order valence-corrected chi connectivity index (χ3v) is 5.26. The van der Waals surface area contributed by atoms with Crippen molar-refractivity contribution in [2.45, 2.75) is 24.8 Å². The van der Waals surface area contributed by atoms with Gasteiger partial charge in [-0.15, -0.1) is 20.4 Å². The first-order valence-corrected chi connectivity index (χ1v) is 10.4. The summed E-state index contributed by atoms with van der Waals surface area (Å²) in [7, 11) is 0. The average Bonchev–Trinajstić information content (AvgIpc) is 3.44. The smallest absolute Gasteiger partial charge is 0.277 e. The molecule has 2 aromatic heterocycles. The highest BCUT2D eigenvalue weighted by molar-refractivity contribution is 7.98. The van der Waals surface area contributed by atoms with E-state index in [0.29, 0.717) is 28.6 Å². The lowest BCUT2D eigenvalue weighted by Gasteiger charge is -2.20. The van der Waals surface area contributed by atoms with E-state index in [-0.39, 0.29) is 0 Å². The SMILES string of the molecule is CCN(CC)c1ccc(-c2nnc(SCc3nnc(-c4ccccc4)o3)o2)cc1. The predicted molar refractivity (Wildman–Crippen MR) is 113 cm³/mol. The van der Waals surface area contributed by atoms with E-state index < -0.39 is 0 Å². The van der Waals surface area contributed by atoms with Gasteiger partial charge in [0.15, 0.2) is 0 Å². The Labute approximate surface area is 173 Å². The summed E-state index contributed by atoms with van der Waals surface area (Å²) in [6.07, 6.45) is 0. The van der Waals surface area contributed by atoms with Crippen molar-refractivity contribution < 1.29 is 8.83 Å². The third kappa shape index (κ3) is 4.48. The van der Waals surface area contributed by atoms with E-state index in [0.717, 1.165) is 24.2 Å². The van der Waals surface area contributed by atoms with Crippen LogP contribution < -0.4 is 4.90 Å². The molecule has 0 aliphatic carbocycles. The molecule has 0 N–H and O–H groups in total. The fourth-order valence-corrected chi connectivity index (χ4v) is 3.52. The van der Waals surface area contributed by atoms with Gasteiger partial charge in [-0.1, -0.05) is 30.0 Å². The van der Waals surface area contributed by atoms with Gasteiger partial charge < -0.3 is 13.7 Å². The Balaban J connectivity index is 1.39. The van der Waals surface area contributed by atoms with E-state index in [2.05, 4.69) is 51.3 Å². The molecule has 0 fully saturated rings. The summed E-state index contributed by atoms with van der Waals surface area (Å²) in [4.78, 5) is 2.28. The van der Waals surface area contributed by atoms with Crippen LogP contribution in [0.3, 0.4) is 0 Å². The molecule has 4 aromatic rings. The molecule has 0 radical (unpaired) electrons. The highest BCUT2D eigenvalue weighted by Gasteiger charge is 2.13. The number of benzene rings is 2. The molecule has 0 amide bonds. The molecule has 7 nitrogen and oxygen atoms in total. The van der Waals surface area contributed by atoms with E-state index in [1.807, 2.05) is 42.5 Å². The highest BCUT2D eigenvalue weighted by Crippen LogP contribution is 2.27. The van der Waals surface area contributed by atoms with Crippen LogP contribution in [0.15, 0.2) is 68.7 Å². The minimum absolute atomic E-state index is 0.461. The molecule has 0 saturated heterocycles. The summed E-state index contributed by atoms with van der Waals surface area (Å²) < 4.78 is 11.5. The maximum Gasteiger partial charge on any atom is 0.277 e. The number of hydrogen-bond donors (Lipinski definition) is 0. The van der Waals surface area contributed by atoms with Gasteiger partial charge in [0.1, 0.15) is 0 Å². The van der Waals surface area contributed by atoms with Crippen LogP contribution in [0.5, 0.6) is 0 Å². The Morgan fingerprint density at radius 3 is 2.14 bits per heavy atom. The van der Waals surface area contributed by atoms with E-state index >= 15 is 0 Å². The number of anilines is 1. The van der Waals surface area contributed by atoms with Crippen molar-refractivity contribution >= 4 is 17.4 Å². The summed E-state index contributed by atoms with van der Waals surface area (Å²) in [5, 5.41) is 16.9. The molecule has 148 valence electrons. The zero-order valence-corrected chi connectivity index (χ0v) is 17.1. The summed E-state index contributed by atoms with van der Waals surface area (Å²) in [5.74, 6) is 1.97. The van der Waals surface area contributed by atoms with Crippen molar-refractivity contribution in [1.29, 1.82) is 0 Å². The number of nitrogens with zero attached hydrogens (tertiary/aromatic N) is 5. The molecule has 2 aromatic carbocycles. The number of thioether (sulfide) groups is 1. The maximum absolute atomic E-state index is 5.77. The first-order chi connectivity index (χ1) is 14.3. The molecule has 0 aliphatic rings. The fourth-order valence-electron chi connectivity index (χ4n) is 2.92. The quantitative estimate of drug-likeness (QED) is 0.381. The molecular weight excluding hydrogens is 386 g/mol. The largest absolute Gasteiger partial charge is 0.420 e. The summed E-state index contributed by atoms with van der Waals surface area (Å²) in [6, 6.07) is 17.8. The van der Waals surface area contributed by atoms with Crippen molar-refractivity contribution in [2.24, 2.45) is 0 Å². The first-order valence-electron chi connectivity index (χ1n) is 9.46. The minimum atomic E-state index is 0.461. The first kappa shape index (κ1) is 19.2. The molecule has 0 bridgehead atoms. The van der Waals surface area contributed by atoms with Crippen LogP contribution in [0.1, 0.15) is 19.7 Å². The Morgan fingerprint density at radius 2 is 1.41 bits per heavy atom. The van der Waals surface area contributed by atoms with Crippen LogP contribution in [0, 0.1) is 0 Å². The molecule has 0 spiro atoms. The van der Waals surface area contributed by atoms with E-state index in [1.54, 1.807) is 0 Å². The lowest BCUT2D eigenvalue weighted by atomic mass is 10.2. The monoisotopic (exact) mass is 407 g/mol. The fraction of sp³-hybridized carbons (Fsp3) is 0.238. The normalized spacial score (nSPS) is 11.0. The highest BCUT2D eigenvalue weighted by atomic mass is 32.2. The Hall–Kier alpha value is -3.13. The van der Waals surface area contributed by atoms with Gasteiger partial charge in [-0.25, -0.2) is 0 Å². The van der Waals surface area contributed by atoms with Crippen LogP contribution in [-0.4, -0.2) is 33.5 Å². The van der Waals surface area contributed by atoms with E-state index in [9.17, 15) is 0 Å². The second kappa shape index (κ2) is 8.91. The summed E-state index contributed by atoms with van der Waals surface area (Å²) >= 11 is 1.37. The number of rotatable bonds is 8. The predicted octanol–water partition coefficient (Wildman–Crippen LogP) is 4.93. The zero-order valence-electron chi connectivity index (χ0n) is 16.3. The molecule has 0 unspecified atom stereocenters. The Bertz CT molecular complexity index is 1040. The molecule has 8 heteroatoms. The third-order valence-electron chi connectivity index (χ3n) is 4.46. The zero-order chi connectivity index (χ0) is 20.1. The molecular formula is C21H21N5O2S. The Kier molecular flexibility index (Phi) is 5.90. The van der Waals surface area contributed by atoms with E-state index in [4.69, 9.17) is 8.83 Å². The van der Waals surface area contributed by atoms with Crippen LogP contribution in [-0.2, 0) is 5.75 Å². The van der Waals surface area contributed by atoms with Crippen LogP contribution in [0.2, 0.25) is 0 Å². The van der Waals surface area contributed by atoms with Crippen LogP contribution >= 0.6 is 11.8 Å². The van der Waals surface area contributed by atoms with E-state index in [1.165, 1.54) is 17.4 Å². The van der Waals surface area contributed by atoms with Gasteiger partial charge in [-0.3, -0.25) is 0 Å². The van der Waals surface area contributed by atoms with Crippen LogP contribution in [0.4, 0.5) is 5.69 Å². The lowest BCUT2D eigenvalue weighted by Crippen LogP contribution is -2.21. The van der Waals surface area contributed by atoms with Gasteiger partial charge in [0.05, 0.1) is 5.75 Å². The second-order valence-electron chi connectivity index (χ2n) is 6.25. The van der Waals surface area contributed by atoms with Gasteiger partial charge in [0.2, 0.25) is 17.7 Å². The molecule has 0 atom stereocenters. The molecule has 4 rings (SSSR count). The average molecular weight is 407 g/mol. The van der Waals surface area contributed by atoms with Gasteiger partial charge in [0, 0.05) is 29.9 Å². The van der Waals surface area contributed by atoms with Gasteiger partial charge >= 0.3 is 0 Å². The van der Waals surface area contributed by atoms with Crippen molar-refractivity contribution in [3.63, 3.8) is 0 Å².